The molecule has 0 saturated carbocycles. The SMILES string of the molecule is COc1ccc(C[N+](C)(C)C(C)[Si](C)(C)C)cc1. The van der Waals surface area contributed by atoms with Gasteiger partial charge in [0.25, 0.3) is 0 Å². The van der Waals surface area contributed by atoms with E-state index in [2.05, 4.69) is 64.9 Å². The van der Waals surface area contributed by atoms with E-state index >= 15 is 0 Å². The van der Waals surface area contributed by atoms with Crippen LogP contribution in [0.3, 0.4) is 0 Å². The van der Waals surface area contributed by atoms with Gasteiger partial charge in [-0.15, -0.1) is 0 Å². The lowest BCUT2D eigenvalue weighted by molar-refractivity contribution is -0.915. The summed E-state index contributed by atoms with van der Waals surface area (Å²) < 4.78 is 6.26. The summed E-state index contributed by atoms with van der Waals surface area (Å²) in [5.74, 6) is 0.933. The van der Waals surface area contributed by atoms with Crippen LogP contribution in [0.15, 0.2) is 24.3 Å². The average Bonchev–Trinajstić information content (AvgIpc) is 2.27. The van der Waals surface area contributed by atoms with Gasteiger partial charge in [0.2, 0.25) is 0 Å². The summed E-state index contributed by atoms with van der Waals surface area (Å²) in [6.45, 7) is 10.8. The molecule has 3 heteroatoms. The van der Waals surface area contributed by atoms with Crippen LogP contribution in [0.5, 0.6) is 5.75 Å². The molecule has 102 valence electrons. The highest BCUT2D eigenvalue weighted by Crippen LogP contribution is 2.22. The molecule has 0 bridgehead atoms. The third kappa shape index (κ3) is 3.85. The lowest BCUT2D eigenvalue weighted by Gasteiger charge is -2.42. The lowest BCUT2D eigenvalue weighted by Crippen LogP contribution is -2.57. The van der Waals surface area contributed by atoms with Gasteiger partial charge in [0.1, 0.15) is 20.4 Å². The maximum Gasteiger partial charge on any atom is 0.118 e. The molecule has 1 rings (SSSR count). The van der Waals surface area contributed by atoms with Crippen LogP contribution in [0.25, 0.3) is 0 Å². The molecule has 0 saturated heterocycles. The number of benzene rings is 1. The van der Waals surface area contributed by atoms with Crippen molar-refractivity contribution in [3.63, 3.8) is 0 Å². The molecule has 0 spiro atoms. The molecule has 18 heavy (non-hydrogen) atoms. The fraction of sp³-hybridized carbons (Fsp3) is 0.600. The summed E-state index contributed by atoms with van der Waals surface area (Å²) >= 11 is 0. The highest BCUT2D eigenvalue weighted by Gasteiger charge is 2.35. The van der Waals surface area contributed by atoms with E-state index in [1.807, 2.05) is 0 Å². The zero-order chi connectivity index (χ0) is 14.0. The molecule has 0 aliphatic heterocycles. The van der Waals surface area contributed by atoms with Crippen LogP contribution >= 0.6 is 0 Å². The first-order valence-corrected chi connectivity index (χ1v) is 10.2. The summed E-state index contributed by atoms with van der Waals surface area (Å²) in [6.07, 6.45) is 0. The third-order valence-corrected chi connectivity index (χ3v) is 7.26. The summed E-state index contributed by atoms with van der Waals surface area (Å²) in [5.41, 5.74) is 2.12. The molecular weight excluding hydrogens is 238 g/mol. The minimum atomic E-state index is -1.12. The van der Waals surface area contributed by atoms with Gasteiger partial charge in [0.05, 0.1) is 26.9 Å². The minimum absolute atomic E-state index is 0.736. The Hall–Kier alpha value is -0.803. The Balaban J connectivity index is 2.81. The van der Waals surface area contributed by atoms with Crippen molar-refractivity contribution >= 4 is 8.07 Å². The van der Waals surface area contributed by atoms with Crippen LogP contribution < -0.4 is 4.74 Å². The van der Waals surface area contributed by atoms with Gasteiger partial charge in [-0.2, -0.15) is 0 Å². The van der Waals surface area contributed by atoms with Crippen molar-refractivity contribution in [2.45, 2.75) is 38.8 Å². The highest BCUT2D eigenvalue weighted by atomic mass is 28.3. The van der Waals surface area contributed by atoms with E-state index in [-0.39, 0.29) is 0 Å². The summed E-state index contributed by atoms with van der Waals surface area (Å²) in [5, 5.41) is 0. The molecule has 2 nitrogen and oxygen atoms in total. The fourth-order valence-corrected chi connectivity index (χ4v) is 4.58. The van der Waals surface area contributed by atoms with Crippen LogP contribution in [-0.4, -0.2) is 39.4 Å². The number of nitrogens with zero attached hydrogens (tertiary/aromatic N) is 1. The predicted molar refractivity (Wildman–Crippen MR) is 81.6 cm³/mol. The quantitative estimate of drug-likeness (QED) is 0.585. The molecular formula is C15H28NOSi+. The summed E-state index contributed by atoms with van der Waals surface area (Å²) in [7, 11) is 5.27. The topological polar surface area (TPSA) is 9.23 Å². The van der Waals surface area contributed by atoms with Crippen molar-refractivity contribution in [1.82, 2.24) is 0 Å². The van der Waals surface area contributed by atoms with Gasteiger partial charge in [0.15, 0.2) is 0 Å². The van der Waals surface area contributed by atoms with Crippen molar-refractivity contribution in [2.24, 2.45) is 0 Å². The molecule has 1 atom stereocenters. The Bertz CT molecular complexity index is 378. The average molecular weight is 266 g/mol. The molecule has 0 amide bonds. The Kier molecular flexibility index (Phi) is 4.62. The number of ether oxygens (including phenoxy) is 1. The standard InChI is InChI=1S/C15H28NOSi/c1-13(18(5,6)7)16(2,3)12-14-8-10-15(17-4)11-9-14/h8-11,13H,12H2,1-7H3/q+1. The zero-order valence-corrected chi connectivity index (χ0v) is 13.9. The second kappa shape index (κ2) is 5.45. The van der Waals surface area contributed by atoms with Crippen molar-refractivity contribution in [1.29, 1.82) is 0 Å². The predicted octanol–water partition coefficient (Wildman–Crippen LogP) is 3.54. The molecule has 0 aliphatic rings. The number of quaternary nitrogens is 1. The van der Waals surface area contributed by atoms with E-state index in [0.717, 1.165) is 22.4 Å². The molecule has 0 N–H and O–H groups in total. The molecule has 0 fully saturated rings. The van der Waals surface area contributed by atoms with Gasteiger partial charge in [-0.05, 0) is 31.2 Å². The van der Waals surface area contributed by atoms with Gasteiger partial charge in [0, 0.05) is 5.56 Å². The second-order valence-electron chi connectivity index (χ2n) is 6.83. The number of methoxy groups -OCH3 is 1. The van der Waals surface area contributed by atoms with Gasteiger partial charge in [-0.3, -0.25) is 0 Å². The fourth-order valence-electron chi connectivity index (χ4n) is 2.39. The number of rotatable bonds is 5. The summed E-state index contributed by atoms with van der Waals surface area (Å²) in [4.78, 5) is 0. The van der Waals surface area contributed by atoms with Gasteiger partial charge in [-0.25, -0.2) is 0 Å². The van der Waals surface area contributed by atoms with Crippen molar-refractivity contribution < 1.29 is 9.22 Å². The van der Waals surface area contributed by atoms with Crippen molar-refractivity contribution in [2.75, 3.05) is 21.2 Å². The Morgan fingerprint density at radius 1 is 1.11 bits per heavy atom. The first-order valence-electron chi connectivity index (χ1n) is 6.62. The van der Waals surface area contributed by atoms with Crippen LogP contribution in [0, 0.1) is 0 Å². The maximum absolute atomic E-state index is 5.20. The molecule has 0 radical (unpaired) electrons. The monoisotopic (exact) mass is 266 g/mol. The third-order valence-electron chi connectivity index (χ3n) is 4.05. The van der Waals surface area contributed by atoms with E-state index in [4.69, 9.17) is 4.74 Å². The first-order chi connectivity index (χ1) is 8.16. The molecule has 0 aliphatic carbocycles. The zero-order valence-electron chi connectivity index (χ0n) is 12.9. The first kappa shape index (κ1) is 15.3. The number of hydrogen-bond acceptors (Lipinski definition) is 1. The molecule has 0 aromatic heterocycles. The normalized spacial score (nSPS) is 14.4. The van der Waals surface area contributed by atoms with E-state index in [9.17, 15) is 0 Å². The molecule has 1 aromatic carbocycles. The van der Waals surface area contributed by atoms with Crippen LogP contribution in [-0.2, 0) is 6.54 Å². The number of hydrogen-bond donors (Lipinski definition) is 0. The maximum atomic E-state index is 5.20. The van der Waals surface area contributed by atoms with Crippen LogP contribution in [0.4, 0.5) is 0 Å². The van der Waals surface area contributed by atoms with Crippen molar-refractivity contribution in [3.05, 3.63) is 29.8 Å². The Morgan fingerprint density at radius 2 is 1.61 bits per heavy atom. The smallest absolute Gasteiger partial charge is 0.118 e. The van der Waals surface area contributed by atoms with Gasteiger partial charge < -0.3 is 9.22 Å². The van der Waals surface area contributed by atoms with Crippen LogP contribution in [0.2, 0.25) is 19.6 Å². The Morgan fingerprint density at radius 3 is 2.00 bits per heavy atom. The minimum Gasteiger partial charge on any atom is -0.497 e. The van der Waals surface area contributed by atoms with E-state index < -0.39 is 8.07 Å². The Labute approximate surface area is 113 Å². The van der Waals surface area contributed by atoms with Gasteiger partial charge >= 0.3 is 0 Å². The largest absolute Gasteiger partial charge is 0.497 e. The van der Waals surface area contributed by atoms with Gasteiger partial charge in [-0.1, -0.05) is 19.6 Å². The molecule has 1 unspecified atom stereocenters. The molecule has 1 aromatic rings. The van der Waals surface area contributed by atoms with E-state index in [1.54, 1.807) is 7.11 Å². The summed E-state index contributed by atoms with van der Waals surface area (Å²) in [6, 6.07) is 8.45. The second-order valence-corrected chi connectivity index (χ2v) is 12.4. The van der Waals surface area contributed by atoms with E-state index in [1.165, 1.54) is 5.56 Å². The van der Waals surface area contributed by atoms with Crippen LogP contribution in [0.1, 0.15) is 12.5 Å². The lowest BCUT2D eigenvalue weighted by atomic mass is 10.2. The highest BCUT2D eigenvalue weighted by molar-refractivity contribution is 6.77. The molecule has 0 heterocycles. The van der Waals surface area contributed by atoms with Crippen molar-refractivity contribution in [3.8, 4) is 5.75 Å². The van der Waals surface area contributed by atoms with E-state index in [0.29, 0.717) is 0 Å².